The van der Waals surface area contributed by atoms with Gasteiger partial charge >= 0.3 is 0 Å². The summed E-state index contributed by atoms with van der Waals surface area (Å²) < 4.78 is 6.64. The molecule has 0 fully saturated rings. The van der Waals surface area contributed by atoms with Crippen molar-refractivity contribution in [2.24, 2.45) is 0 Å². The average molecular weight is 448 g/mol. The van der Waals surface area contributed by atoms with Crippen LogP contribution in [-0.4, -0.2) is 48.6 Å². The Morgan fingerprint density at radius 2 is 1.83 bits per heavy atom. The second-order valence-corrected chi connectivity index (χ2v) is 7.92. The van der Waals surface area contributed by atoms with Crippen molar-refractivity contribution in [2.75, 3.05) is 37.7 Å². The van der Waals surface area contributed by atoms with Gasteiger partial charge in [-0.3, -0.25) is 9.69 Å². The van der Waals surface area contributed by atoms with Crippen molar-refractivity contribution < 1.29 is 9.53 Å². The zero-order valence-corrected chi connectivity index (χ0v) is 19.7. The molecule has 7 heteroatoms. The molecule has 162 valence electrons. The van der Waals surface area contributed by atoms with Crippen molar-refractivity contribution in [3.05, 3.63) is 53.6 Å². The van der Waals surface area contributed by atoms with E-state index < -0.39 is 0 Å². The zero-order valence-electron chi connectivity index (χ0n) is 18.1. The molecule has 0 saturated heterocycles. The number of rotatable bonds is 9. The molecule has 0 atom stereocenters. The molecule has 1 heterocycles. The first-order chi connectivity index (χ1) is 14.0. The van der Waals surface area contributed by atoms with Crippen LogP contribution in [0.15, 0.2) is 42.5 Å². The van der Waals surface area contributed by atoms with Crippen molar-refractivity contribution in [1.29, 1.82) is 0 Å². The minimum Gasteiger partial charge on any atom is -0.494 e. The smallest absolute Gasteiger partial charge is 0.260 e. The molecule has 0 unspecified atom stereocenters. The minimum absolute atomic E-state index is 0. The van der Waals surface area contributed by atoms with Gasteiger partial charge in [0.05, 0.1) is 16.8 Å². The summed E-state index contributed by atoms with van der Waals surface area (Å²) >= 11 is 1.53. The summed E-state index contributed by atoms with van der Waals surface area (Å²) in [5, 5.41) is 0.729. The number of benzene rings is 2. The summed E-state index contributed by atoms with van der Waals surface area (Å²) in [6.45, 7) is 12.2. The van der Waals surface area contributed by atoms with Gasteiger partial charge in [0, 0.05) is 18.7 Å². The molecule has 5 nitrogen and oxygen atoms in total. The van der Waals surface area contributed by atoms with Gasteiger partial charge in [-0.2, -0.15) is 0 Å². The number of aromatic nitrogens is 1. The number of nitrogens with zero attached hydrogens (tertiary/aromatic N) is 3. The first-order valence-electron chi connectivity index (χ1n) is 10.2. The Kier molecular flexibility index (Phi) is 9.08. The highest BCUT2D eigenvalue weighted by Crippen LogP contribution is 2.32. The van der Waals surface area contributed by atoms with Crippen LogP contribution in [0.25, 0.3) is 10.2 Å². The molecule has 0 spiro atoms. The lowest BCUT2D eigenvalue weighted by molar-refractivity contribution is 0.0983. The Labute approximate surface area is 189 Å². The number of ether oxygens (including phenoxy) is 1. The number of amides is 1. The molecule has 2 aromatic carbocycles. The van der Waals surface area contributed by atoms with Gasteiger partial charge in [-0.15, -0.1) is 12.4 Å². The van der Waals surface area contributed by atoms with Crippen LogP contribution in [-0.2, 0) is 0 Å². The molecule has 3 aromatic rings. The number of hydrogen-bond donors (Lipinski definition) is 0. The van der Waals surface area contributed by atoms with E-state index in [0.717, 1.165) is 46.3 Å². The molecular formula is C23H30ClN3O2S. The molecule has 0 aliphatic carbocycles. The Bertz CT molecular complexity index is 972. The largest absolute Gasteiger partial charge is 0.494 e. The van der Waals surface area contributed by atoms with E-state index in [0.29, 0.717) is 18.7 Å². The third-order valence-corrected chi connectivity index (χ3v) is 5.98. The fraction of sp³-hybridized carbons (Fsp3) is 0.391. The number of carbonyl (C=O) groups is 1. The maximum atomic E-state index is 13.4. The number of aryl methyl sites for hydroxylation is 1. The van der Waals surface area contributed by atoms with Gasteiger partial charge in [-0.05, 0) is 57.3 Å². The van der Waals surface area contributed by atoms with Crippen LogP contribution >= 0.6 is 23.7 Å². The van der Waals surface area contributed by atoms with E-state index in [2.05, 4.69) is 18.7 Å². The summed E-state index contributed by atoms with van der Waals surface area (Å²) in [5.41, 5.74) is 2.65. The molecule has 0 aliphatic rings. The maximum Gasteiger partial charge on any atom is 0.260 e. The monoisotopic (exact) mass is 447 g/mol. The highest BCUT2D eigenvalue weighted by atomic mass is 35.5. The normalized spacial score (nSPS) is 10.8. The number of thiazole rings is 1. The van der Waals surface area contributed by atoms with E-state index in [-0.39, 0.29) is 18.3 Å². The van der Waals surface area contributed by atoms with Gasteiger partial charge in [0.2, 0.25) is 0 Å². The van der Waals surface area contributed by atoms with E-state index >= 15 is 0 Å². The second-order valence-electron chi connectivity index (χ2n) is 6.91. The quantitative estimate of drug-likeness (QED) is 0.439. The fourth-order valence-corrected chi connectivity index (χ4v) is 4.28. The number of anilines is 1. The second kappa shape index (κ2) is 11.3. The lowest BCUT2D eigenvalue weighted by Crippen LogP contribution is -2.38. The molecule has 1 aromatic heterocycles. The van der Waals surface area contributed by atoms with Gasteiger partial charge in [0.25, 0.3) is 5.91 Å². The van der Waals surface area contributed by atoms with Crippen molar-refractivity contribution >= 4 is 45.0 Å². The number of likely N-dealkylation sites (N-methyl/N-ethyl adjacent to an activating group) is 1. The van der Waals surface area contributed by atoms with Crippen LogP contribution in [0, 0.1) is 6.92 Å². The average Bonchev–Trinajstić information content (AvgIpc) is 3.14. The first kappa shape index (κ1) is 24.1. The molecule has 1 amide bonds. The Balaban J connectivity index is 0.00000320. The topological polar surface area (TPSA) is 45.7 Å². The molecule has 0 aliphatic heterocycles. The van der Waals surface area contributed by atoms with E-state index in [9.17, 15) is 4.79 Å². The Hall–Kier alpha value is -2.15. The molecule has 30 heavy (non-hydrogen) atoms. The molecule has 0 radical (unpaired) electrons. The van der Waals surface area contributed by atoms with Crippen LogP contribution in [0.3, 0.4) is 0 Å². The van der Waals surface area contributed by atoms with E-state index in [4.69, 9.17) is 9.72 Å². The van der Waals surface area contributed by atoms with Gasteiger partial charge in [-0.1, -0.05) is 42.9 Å². The van der Waals surface area contributed by atoms with Crippen LogP contribution < -0.4 is 9.64 Å². The third-order valence-electron chi connectivity index (χ3n) is 4.93. The highest BCUT2D eigenvalue weighted by molar-refractivity contribution is 7.22. The molecular weight excluding hydrogens is 418 g/mol. The number of carbonyl (C=O) groups excluding carboxylic acids is 1. The maximum absolute atomic E-state index is 13.4. The van der Waals surface area contributed by atoms with Gasteiger partial charge in [-0.25, -0.2) is 4.98 Å². The zero-order chi connectivity index (χ0) is 20.8. The van der Waals surface area contributed by atoms with Gasteiger partial charge in [0.15, 0.2) is 5.13 Å². The van der Waals surface area contributed by atoms with Gasteiger partial charge < -0.3 is 9.64 Å². The molecule has 0 saturated carbocycles. The summed E-state index contributed by atoms with van der Waals surface area (Å²) in [6, 6.07) is 13.6. The van der Waals surface area contributed by atoms with Gasteiger partial charge in [0.1, 0.15) is 5.75 Å². The molecule has 0 bridgehead atoms. The SMILES string of the molecule is CCOc1ccc2nc(N(CCN(CC)CC)C(=O)c3cccc(C)c3)sc2c1.Cl. The number of fused-ring (bicyclic) bond motifs is 1. The fourth-order valence-electron chi connectivity index (χ4n) is 3.26. The summed E-state index contributed by atoms with van der Waals surface area (Å²) in [5.74, 6) is 0.819. The van der Waals surface area contributed by atoms with Crippen molar-refractivity contribution in [2.45, 2.75) is 27.7 Å². The van der Waals surface area contributed by atoms with Crippen LogP contribution in [0.5, 0.6) is 5.75 Å². The van der Waals surface area contributed by atoms with E-state index in [1.807, 2.05) is 61.2 Å². The number of hydrogen-bond acceptors (Lipinski definition) is 5. The summed E-state index contributed by atoms with van der Waals surface area (Å²) in [4.78, 5) is 22.3. The third kappa shape index (κ3) is 5.72. The standard InChI is InChI=1S/C23H29N3O2S.ClH/c1-5-25(6-2)13-14-26(22(27)18-10-8-9-17(4)15-18)23-24-20-12-11-19(28-7-3)16-21(20)29-23;/h8-12,15-16H,5-7,13-14H2,1-4H3;1H. The lowest BCUT2D eigenvalue weighted by atomic mass is 10.1. The Morgan fingerprint density at radius 1 is 1.07 bits per heavy atom. The molecule has 3 rings (SSSR count). The summed E-state index contributed by atoms with van der Waals surface area (Å²) in [6.07, 6.45) is 0. The highest BCUT2D eigenvalue weighted by Gasteiger charge is 2.22. The van der Waals surface area contributed by atoms with Crippen molar-refractivity contribution in [3.8, 4) is 5.75 Å². The molecule has 0 N–H and O–H groups in total. The summed E-state index contributed by atoms with van der Waals surface area (Å²) in [7, 11) is 0. The Morgan fingerprint density at radius 3 is 2.50 bits per heavy atom. The van der Waals surface area contributed by atoms with Crippen molar-refractivity contribution in [3.63, 3.8) is 0 Å². The minimum atomic E-state index is -0.00931. The van der Waals surface area contributed by atoms with Crippen LogP contribution in [0.1, 0.15) is 36.7 Å². The predicted molar refractivity (Wildman–Crippen MR) is 129 cm³/mol. The van der Waals surface area contributed by atoms with E-state index in [1.165, 1.54) is 11.3 Å². The van der Waals surface area contributed by atoms with Crippen LogP contribution in [0.2, 0.25) is 0 Å². The van der Waals surface area contributed by atoms with Crippen molar-refractivity contribution in [1.82, 2.24) is 9.88 Å². The lowest BCUT2D eigenvalue weighted by Gasteiger charge is -2.24. The predicted octanol–water partition coefficient (Wildman–Crippen LogP) is 5.41. The van der Waals surface area contributed by atoms with E-state index in [1.54, 1.807) is 0 Å². The number of halogens is 1. The first-order valence-corrected chi connectivity index (χ1v) is 11.0. The van der Waals surface area contributed by atoms with Crippen LogP contribution in [0.4, 0.5) is 5.13 Å².